The van der Waals surface area contributed by atoms with Crippen LogP contribution in [0.25, 0.3) is 0 Å². The van der Waals surface area contributed by atoms with Gasteiger partial charge >= 0.3 is 0 Å². The second kappa shape index (κ2) is 6.56. The number of carbonyl (C=O) groups excluding carboxylic acids is 1. The van der Waals surface area contributed by atoms with E-state index in [-0.39, 0.29) is 11.8 Å². The van der Waals surface area contributed by atoms with Gasteiger partial charge in [-0.05, 0) is 11.4 Å². The molecule has 0 fully saturated rings. The normalized spacial score (nSPS) is 17.5. The molecule has 7 nitrogen and oxygen atoms in total. The number of hydrogen-bond acceptors (Lipinski definition) is 5. The number of hydrogen-bond donors (Lipinski definition) is 0. The van der Waals surface area contributed by atoms with Crippen molar-refractivity contribution < 1.29 is 4.79 Å². The first kappa shape index (κ1) is 15.1. The summed E-state index contributed by atoms with van der Waals surface area (Å²) in [5, 5.41) is 6.20. The van der Waals surface area contributed by atoms with Gasteiger partial charge in [0.15, 0.2) is 0 Å². The Hall–Kier alpha value is -2.48. The second-order valence-electron chi connectivity index (χ2n) is 6.01. The highest BCUT2D eigenvalue weighted by Crippen LogP contribution is 2.19. The summed E-state index contributed by atoms with van der Waals surface area (Å²) in [6, 6.07) is 3.99. The van der Waals surface area contributed by atoms with E-state index in [9.17, 15) is 4.79 Å². The van der Waals surface area contributed by atoms with Gasteiger partial charge < -0.3 is 9.47 Å². The van der Waals surface area contributed by atoms with E-state index in [1.165, 1.54) is 0 Å². The Labute approximate surface area is 143 Å². The van der Waals surface area contributed by atoms with Crippen LogP contribution in [-0.2, 0) is 30.8 Å². The van der Waals surface area contributed by atoms with Gasteiger partial charge in [0.1, 0.15) is 18.5 Å². The van der Waals surface area contributed by atoms with Gasteiger partial charge in [-0.15, -0.1) is 11.3 Å². The van der Waals surface area contributed by atoms with E-state index in [1.54, 1.807) is 30.2 Å². The molecule has 0 saturated carbocycles. The van der Waals surface area contributed by atoms with Crippen LogP contribution in [0.3, 0.4) is 0 Å². The van der Waals surface area contributed by atoms with Crippen LogP contribution in [-0.4, -0.2) is 41.7 Å². The number of thiophene rings is 1. The van der Waals surface area contributed by atoms with Crippen LogP contribution in [0.4, 0.5) is 0 Å². The van der Waals surface area contributed by atoms with Crippen molar-refractivity contribution in [1.29, 1.82) is 0 Å². The lowest BCUT2D eigenvalue weighted by atomic mass is 10.1. The summed E-state index contributed by atoms with van der Waals surface area (Å²) in [6.45, 7) is 2.83. The van der Waals surface area contributed by atoms with Crippen molar-refractivity contribution in [3.8, 4) is 0 Å². The Kier molecular flexibility index (Phi) is 4.12. The number of fused-ring (bicyclic) bond motifs is 1. The van der Waals surface area contributed by atoms with Gasteiger partial charge in [-0.25, -0.2) is 9.97 Å². The van der Waals surface area contributed by atoms with Crippen molar-refractivity contribution in [2.24, 2.45) is 5.92 Å². The molecule has 0 bridgehead atoms. The van der Waals surface area contributed by atoms with Crippen LogP contribution in [0.2, 0.25) is 0 Å². The van der Waals surface area contributed by atoms with Crippen molar-refractivity contribution in [1.82, 2.24) is 29.2 Å². The van der Waals surface area contributed by atoms with Gasteiger partial charge in [-0.1, -0.05) is 6.07 Å². The highest BCUT2D eigenvalue weighted by atomic mass is 32.1. The summed E-state index contributed by atoms with van der Waals surface area (Å²) in [6.07, 6.45) is 7.50. The van der Waals surface area contributed by atoms with Gasteiger partial charge in [-0.3, -0.25) is 9.48 Å². The Bertz CT molecular complexity index is 795. The minimum atomic E-state index is 0.150. The zero-order chi connectivity index (χ0) is 16.4. The van der Waals surface area contributed by atoms with Gasteiger partial charge in [0.25, 0.3) is 0 Å². The summed E-state index contributed by atoms with van der Waals surface area (Å²) < 4.78 is 3.97. The highest BCUT2D eigenvalue weighted by Gasteiger charge is 2.26. The molecule has 3 aromatic rings. The SMILES string of the molecule is O=C(Cc1cccs1)N1Cc2nccn2CC(Cn2cncn2)C1. The van der Waals surface area contributed by atoms with E-state index >= 15 is 0 Å². The van der Waals surface area contributed by atoms with Crippen molar-refractivity contribution in [3.63, 3.8) is 0 Å². The molecule has 0 radical (unpaired) electrons. The van der Waals surface area contributed by atoms with E-state index in [0.717, 1.165) is 23.8 Å². The fraction of sp³-hybridized carbons (Fsp3) is 0.375. The first-order valence-electron chi connectivity index (χ1n) is 7.90. The molecule has 0 N–H and O–H groups in total. The topological polar surface area (TPSA) is 68.8 Å². The van der Waals surface area contributed by atoms with Crippen molar-refractivity contribution >= 4 is 17.2 Å². The zero-order valence-corrected chi connectivity index (χ0v) is 14.0. The molecule has 4 heterocycles. The molecule has 1 aliphatic rings. The molecule has 0 aromatic carbocycles. The van der Waals surface area contributed by atoms with E-state index in [0.29, 0.717) is 19.5 Å². The minimum Gasteiger partial charge on any atom is -0.334 e. The molecule has 3 aromatic heterocycles. The third-order valence-corrected chi connectivity index (χ3v) is 5.11. The minimum absolute atomic E-state index is 0.150. The molecule has 4 rings (SSSR count). The Morgan fingerprint density at radius 2 is 2.33 bits per heavy atom. The number of nitrogens with zero attached hydrogens (tertiary/aromatic N) is 6. The largest absolute Gasteiger partial charge is 0.334 e. The predicted octanol–water partition coefficient (Wildman–Crippen LogP) is 1.44. The Morgan fingerprint density at radius 1 is 1.38 bits per heavy atom. The molecule has 1 aliphatic heterocycles. The van der Waals surface area contributed by atoms with Crippen LogP contribution in [0.5, 0.6) is 0 Å². The molecule has 0 saturated heterocycles. The molecular weight excluding hydrogens is 324 g/mol. The number of imidazole rings is 1. The monoisotopic (exact) mass is 342 g/mol. The Morgan fingerprint density at radius 3 is 3.12 bits per heavy atom. The number of rotatable bonds is 4. The average molecular weight is 342 g/mol. The van der Waals surface area contributed by atoms with E-state index in [1.807, 2.05) is 33.3 Å². The maximum absolute atomic E-state index is 12.8. The molecule has 0 aliphatic carbocycles. The quantitative estimate of drug-likeness (QED) is 0.719. The van der Waals surface area contributed by atoms with Crippen LogP contribution < -0.4 is 0 Å². The number of aromatic nitrogens is 5. The second-order valence-corrected chi connectivity index (χ2v) is 7.04. The molecule has 1 amide bonds. The van der Waals surface area contributed by atoms with Crippen molar-refractivity contribution in [2.45, 2.75) is 26.1 Å². The summed E-state index contributed by atoms with van der Waals surface area (Å²) in [4.78, 5) is 24.2. The van der Waals surface area contributed by atoms with Crippen LogP contribution in [0, 0.1) is 5.92 Å². The summed E-state index contributed by atoms with van der Waals surface area (Å²) >= 11 is 1.62. The van der Waals surface area contributed by atoms with E-state index in [4.69, 9.17) is 0 Å². The third kappa shape index (κ3) is 3.23. The maximum atomic E-state index is 12.8. The molecule has 24 heavy (non-hydrogen) atoms. The molecule has 1 atom stereocenters. The van der Waals surface area contributed by atoms with Gasteiger partial charge in [-0.2, -0.15) is 5.10 Å². The molecule has 8 heteroatoms. The first-order valence-corrected chi connectivity index (χ1v) is 8.78. The molecular formula is C16H18N6OS. The summed E-state index contributed by atoms with van der Waals surface area (Å²) in [7, 11) is 0. The lowest BCUT2D eigenvalue weighted by Gasteiger charge is -2.23. The first-order chi connectivity index (χ1) is 11.8. The van der Waals surface area contributed by atoms with E-state index < -0.39 is 0 Å². The smallest absolute Gasteiger partial charge is 0.228 e. The molecule has 1 unspecified atom stereocenters. The Balaban J connectivity index is 1.53. The standard InChI is InChI=1S/C16H18N6OS/c23-16(6-14-2-1-5-24-14)21-8-13(9-22-12-17-11-19-22)7-20-4-3-18-15(20)10-21/h1-5,11-13H,6-10H2. The number of carbonyl (C=O) groups is 1. The lowest BCUT2D eigenvalue weighted by molar-refractivity contribution is -0.131. The third-order valence-electron chi connectivity index (χ3n) is 4.24. The van der Waals surface area contributed by atoms with E-state index in [2.05, 4.69) is 19.6 Å². The van der Waals surface area contributed by atoms with Crippen molar-refractivity contribution in [2.75, 3.05) is 6.54 Å². The van der Waals surface area contributed by atoms with Crippen molar-refractivity contribution in [3.05, 3.63) is 53.3 Å². The fourth-order valence-electron chi connectivity index (χ4n) is 3.11. The maximum Gasteiger partial charge on any atom is 0.228 e. The zero-order valence-electron chi connectivity index (χ0n) is 13.2. The lowest BCUT2D eigenvalue weighted by Crippen LogP contribution is -2.36. The number of amides is 1. The highest BCUT2D eigenvalue weighted by molar-refractivity contribution is 7.10. The van der Waals surface area contributed by atoms with Crippen LogP contribution in [0.1, 0.15) is 10.7 Å². The van der Waals surface area contributed by atoms with Crippen LogP contribution >= 0.6 is 11.3 Å². The van der Waals surface area contributed by atoms with Gasteiger partial charge in [0.2, 0.25) is 5.91 Å². The molecule has 124 valence electrons. The van der Waals surface area contributed by atoms with Crippen LogP contribution in [0.15, 0.2) is 42.6 Å². The molecule has 0 spiro atoms. The van der Waals surface area contributed by atoms with Gasteiger partial charge in [0, 0.05) is 42.8 Å². The predicted molar refractivity (Wildman–Crippen MR) is 89.2 cm³/mol. The average Bonchev–Trinajstić information content (AvgIpc) is 3.30. The summed E-state index contributed by atoms with van der Waals surface area (Å²) in [5.74, 6) is 1.36. The van der Waals surface area contributed by atoms with Gasteiger partial charge in [0.05, 0.1) is 13.0 Å². The fourth-order valence-corrected chi connectivity index (χ4v) is 3.81. The summed E-state index contributed by atoms with van der Waals surface area (Å²) in [5.41, 5.74) is 0.